The van der Waals surface area contributed by atoms with Gasteiger partial charge in [-0.25, -0.2) is 0 Å². The fraction of sp³-hybridized carbons (Fsp3) is 0.462. The fourth-order valence-corrected chi connectivity index (χ4v) is 2.25. The zero-order valence-corrected chi connectivity index (χ0v) is 11.6. The Balaban J connectivity index is 2.60. The minimum Gasteiger partial charge on any atom is -0.399 e. The molecule has 3 N–H and O–H groups in total. The summed E-state index contributed by atoms with van der Waals surface area (Å²) >= 11 is 1.51. The molecule has 0 aliphatic carbocycles. The van der Waals surface area contributed by atoms with E-state index in [1.807, 2.05) is 52.0 Å². The number of nitrogens with two attached hydrogens (primary N) is 1. The van der Waals surface area contributed by atoms with Crippen LogP contribution in [0.25, 0.3) is 0 Å². The van der Waals surface area contributed by atoms with E-state index >= 15 is 0 Å². The zero-order valence-electron chi connectivity index (χ0n) is 10.8. The topological polar surface area (TPSA) is 55.1 Å². The van der Waals surface area contributed by atoms with E-state index in [9.17, 15) is 4.79 Å². The van der Waals surface area contributed by atoms with Crippen molar-refractivity contribution < 1.29 is 4.79 Å². The number of thioether (sulfide) groups is 1. The Labute approximate surface area is 107 Å². The van der Waals surface area contributed by atoms with Gasteiger partial charge in [0.2, 0.25) is 5.91 Å². The lowest BCUT2D eigenvalue weighted by atomic mass is 10.1. The SMILES string of the molecule is CC(Sc1cccc(N)c1)C(=O)NC(C)(C)C. The summed E-state index contributed by atoms with van der Waals surface area (Å²) in [5, 5.41) is 2.83. The van der Waals surface area contributed by atoms with E-state index in [0.717, 1.165) is 10.6 Å². The summed E-state index contributed by atoms with van der Waals surface area (Å²) in [6.45, 7) is 7.82. The molecule has 1 rings (SSSR count). The molecule has 17 heavy (non-hydrogen) atoms. The lowest BCUT2D eigenvalue weighted by Crippen LogP contribution is -2.44. The van der Waals surface area contributed by atoms with E-state index in [1.165, 1.54) is 11.8 Å². The van der Waals surface area contributed by atoms with E-state index in [2.05, 4.69) is 5.32 Å². The van der Waals surface area contributed by atoms with Gasteiger partial charge >= 0.3 is 0 Å². The third-order valence-electron chi connectivity index (χ3n) is 2.04. The average molecular weight is 252 g/mol. The third-order valence-corrected chi connectivity index (χ3v) is 3.13. The van der Waals surface area contributed by atoms with Gasteiger partial charge < -0.3 is 11.1 Å². The van der Waals surface area contributed by atoms with Gasteiger partial charge in [-0.15, -0.1) is 11.8 Å². The summed E-state index contributed by atoms with van der Waals surface area (Å²) in [7, 11) is 0. The number of hydrogen-bond donors (Lipinski definition) is 2. The second-order valence-corrected chi connectivity index (χ2v) is 6.49. The first-order valence-electron chi connectivity index (χ1n) is 5.62. The molecule has 0 fully saturated rings. The number of hydrogen-bond acceptors (Lipinski definition) is 3. The van der Waals surface area contributed by atoms with Crippen molar-refractivity contribution in [2.45, 2.75) is 43.4 Å². The van der Waals surface area contributed by atoms with Crippen molar-refractivity contribution in [3.05, 3.63) is 24.3 Å². The number of carbonyl (C=O) groups excluding carboxylic acids is 1. The zero-order chi connectivity index (χ0) is 13.1. The summed E-state index contributed by atoms with van der Waals surface area (Å²) in [6, 6.07) is 7.57. The normalized spacial score (nSPS) is 13.2. The molecule has 1 aromatic rings. The molecule has 0 bridgehead atoms. The Morgan fingerprint density at radius 1 is 1.41 bits per heavy atom. The molecular formula is C13H20N2OS. The number of carbonyl (C=O) groups is 1. The number of nitrogens with one attached hydrogen (secondary N) is 1. The highest BCUT2D eigenvalue weighted by Gasteiger charge is 2.19. The first-order chi connectivity index (χ1) is 7.78. The molecule has 1 aromatic carbocycles. The number of anilines is 1. The fourth-order valence-electron chi connectivity index (χ4n) is 1.32. The van der Waals surface area contributed by atoms with Crippen LogP contribution in [0.15, 0.2) is 29.2 Å². The van der Waals surface area contributed by atoms with Gasteiger partial charge in [-0.2, -0.15) is 0 Å². The van der Waals surface area contributed by atoms with Crippen molar-refractivity contribution in [2.24, 2.45) is 0 Å². The molecule has 1 unspecified atom stereocenters. The molecule has 0 aromatic heterocycles. The maximum atomic E-state index is 11.9. The largest absolute Gasteiger partial charge is 0.399 e. The lowest BCUT2D eigenvalue weighted by Gasteiger charge is -2.23. The van der Waals surface area contributed by atoms with Gasteiger partial charge in [-0.3, -0.25) is 4.79 Å². The number of nitrogen functional groups attached to an aromatic ring is 1. The Morgan fingerprint density at radius 3 is 2.59 bits per heavy atom. The summed E-state index contributed by atoms with van der Waals surface area (Å²) in [5.74, 6) is 0.0462. The Morgan fingerprint density at radius 2 is 2.06 bits per heavy atom. The van der Waals surface area contributed by atoms with Crippen molar-refractivity contribution in [2.75, 3.05) is 5.73 Å². The minimum atomic E-state index is -0.193. The van der Waals surface area contributed by atoms with Crippen LogP contribution >= 0.6 is 11.8 Å². The number of amides is 1. The maximum Gasteiger partial charge on any atom is 0.233 e. The van der Waals surface area contributed by atoms with Gasteiger partial charge in [0.25, 0.3) is 0 Å². The molecule has 0 saturated carbocycles. The highest BCUT2D eigenvalue weighted by atomic mass is 32.2. The minimum absolute atomic E-state index is 0.0462. The van der Waals surface area contributed by atoms with E-state index in [-0.39, 0.29) is 16.7 Å². The van der Waals surface area contributed by atoms with Crippen molar-refractivity contribution >= 4 is 23.4 Å². The number of rotatable bonds is 3. The van der Waals surface area contributed by atoms with Crippen LogP contribution in [0.2, 0.25) is 0 Å². The van der Waals surface area contributed by atoms with Gasteiger partial charge in [-0.05, 0) is 45.9 Å². The molecule has 3 nitrogen and oxygen atoms in total. The van der Waals surface area contributed by atoms with E-state index in [4.69, 9.17) is 5.73 Å². The van der Waals surface area contributed by atoms with Gasteiger partial charge in [0.05, 0.1) is 5.25 Å². The van der Waals surface area contributed by atoms with E-state index < -0.39 is 0 Å². The highest BCUT2D eigenvalue weighted by molar-refractivity contribution is 8.00. The first kappa shape index (κ1) is 13.9. The quantitative estimate of drug-likeness (QED) is 0.642. The molecule has 4 heteroatoms. The van der Waals surface area contributed by atoms with Gasteiger partial charge in [0.1, 0.15) is 0 Å². The van der Waals surface area contributed by atoms with E-state index in [1.54, 1.807) is 0 Å². The van der Waals surface area contributed by atoms with Crippen molar-refractivity contribution in [1.82, 2.24) is 5.32 Å². The van der Waals surface area contributed by atoms with Crippen LogP contribution in [0.5, 0.6) is 0 Å². The van der Waals surface area contributed by atoms with Crippen molar-refractivity contribution in [3.63, 3.8) is 0 Å². The molecule has 0 radical (unpaired) electrons. The van der Waals surface area contributed by atoms with Crippen LogP contribution in [0, 0.1) is 0 Å². The van der Waals surface area contributed by atoms with Crippen LogP contribution in [0.4, 0.5) is 5.69 Å². The third kappa shape index (κ3) is 5.13. The standard InChI is InChI=1S/C13H20N2OS/c1-9(12(16)15-13(2,3)4)17-11-7-5-6-10(14)8-11/h5-9H,14H2,1-4H3,(H,15,16). The summed E-state index contributed by atoms with van der Waals surface area (Å²) in [4.78, 5) is 12.9. The van der Waals surface area contributed by atoms with E-state index in [0.29, 0.717) is 0 Å². The lowest BCUT2D eigenvalue weighted by molar-refractivity contribution is -0.121. The predicted molar refractivity (Wildman–Crippen MR) is 74.1 cm³/mol. The van der Waals surface area contributed by atoms with Crippen LogP contribution in [0.1, 0.15) is 27.7 Å². The molecule has 0 saturated heterocycles. The summed E-state index contributed by atoms with van der Waals surface area (Å²) in [6.07, 6.45) is 0. The first-order valence-corrected chi connectivity index (χ1v) is 6.50. The monoisotopic (exact) mass is 252 g/mol. The molecule has 94 valence electrons. The molecular weight excluding hydrogens is 232 g/mol. The molecule has 0 aliphatic rings. The number of benzene rings is 1. The van der Waals surface area contributed by atoms with Crippen LogP contribution < -0.4 is 11.1 Å². The molecule has 0 spiro atoms. The summed E-state index contributed by atoms with van der Waals surface area (Å²) < 4.78 is 0. The van der Waals surface area contributed by atoms with Gasteiger partial charge in [0, 0.05) is 16.1 Å². The highest BCUT2D eigenvalue weighted by Crippen LogP contribution is 2.25. The Kier molecular flexibility index (Phi) is 4.46. The maximum absolute atomic E-state index is 11.9. The van der Waals surface area contributed by atoms with Gasteiger partial charge in [-0.1, -0.05) is 6.07 Å². The van der Waals surface area contributed by atoms with Crippen LogP contribution in [0.3, 0.4) is 0 Å². The Bertz CT molecular complexity index is 399. The van der Waals surface area contributed by atoms with Gasteiger partial charge in [0.15, 0.2) is 0 Å². The average Bonchev–Trinajstić information content (AvgIpc) is 2.14. The van der Waals surface area contributed by atoms with Crippen LogP contribution in [-0.2, 0) is 4.79 Å². The molecule has 1 atom stereocenters. The second-order valence-electron chi connectivity index (χ2n) is 5.07. The molecule has 0 heterocycles. The van der Waals surface area contributed by atoms with Crippen molar-refractivity contribution in [3.8, 4) is 0 Å². The smallest absolute Gasteiger partial charge is 0.233 e. The molecule has 0 aliphatic heterocycles. The Hall–Kier alpha value is -1.16. The second kappa shape index (κ2) is 5.45. The van der Waals surface area contributed by atoms with Crippen molar-refractivity contribution in [1.29, 1.82) is 0 Å². The molecule has 1 amide bonds. The summed E-state index contributed by atoms with van der Waals surface area (Å²) in [5.41, 5.74) is 6.23. The van der Waals surface area contributed by atoms with Crippen LogP contribution in [-0.4, -0.2) is 16.7 Å². The predicted octanol–water partition coefficient (Wildman–Crippen LogP) is 2.66.